The monoisotopic (exact) mass is 259 g/mol. The highest BCUT2D eigenvalue weighted by atomic mass is 79.9. The predicted molar refractivity (Wildman–Crippen MR) is 56.4 cm³/mol. The SMILES string of the molecule is COC(=O)c1cc(OC)cc(Br)c1N. The highest BCUT2D eigenvalue weighted by Crippen LogP contribution is 2.29. The molecule has 0 aliphatic heterocycles. The van der Waals surface area contributed by atoms with Gasteiger partial charge in [-0.1, -0.05) is 0 Å². The summed E-state index contributed by atoms with van der Waals surface area (Å²) in [5.41, 5.74) is 6.31. The number of nitrogens with two attached hydrogens (primary N) is 1. The van der Waals surface area contributed by atoms with Crippen LogP contribution in [-0.4, -0.2) is 20.2 Å². The highest BCUT2D eigenvalue weighted by molar-refractivity contribution is 9.10. The van der Waals surface area contributed by atoms with Gasteiger partial charge in [0.2, 0.25) is 0 Å². The van der Waals surface area contributed by atoms with Crippen LogP contribution in [0.15, 0.2) is 16.6 Å². The summed E-state index contributed by atoms with van der Waals surface area (Å²) in [4.78, 5) is 11.3. The van der Waals surface area contributed by atoms with Crippen LogP contribution in [-0.2, 0) is 4.74 Å². The molecule has 14 heavy (non-hydrogen) atoms. The number of rotatable bonds is 2. The van der Waals surface area contributed by atoms with Gasteiger partial charge in [-0.15, -0.1) is 0 Å². The van der Waals surface area contributed by atoms with E-state index >= 15 is 0 Å². The zero-order valence-electron chi connectivity index (χ0n) is 7.83. The summed E-state index contributed by atoms with van der Waals surface area (Å²) in [7, 11) is 2.81. The molecule has 0 aliphatic rings. The molecule has 1 aromatic rings. The topological polar surface area (TPSA) is 61.5 Å². The number of esters is 1. The Morgan fingerprint density at radius 3 is 2.57 bits per heavy atom. The lowest BCUT2D eigenvalue weighted by Gasteiger charge is -2.08. The lowest BCUT2D eigenvalue weighted by Crippen LogP contribution is -2.06. The Bertz CT molecular complexity index is 365. The molecule has 1 aromatic carbocycles. The van der Waals surface area contributed by atoms with Crippen LogP contribution in [0.2, 0.25) is 0 Å². The summed E-state index contributed by atoms with van der Waals surface area (Å²) in [5.74, 6) is 0.0635. The average molecular weight is 260 g/mol. The van der Waals surface area contributed by atoms with Gasteiger partial charge in [-0.25, -0.2) is 4.79 Å². The van der Waals surface area contributed by atoms with E-state index < -0.39 is 5.97 Å². The predicted octanol–water partition coefficient (Wildman–Crippen LogP) is 1.83. The molecule has 0 spiro atoms. The summed E-state index contributed by atoms with van der Waals surface area (Å²) < 4.78 is 10.2. The minimum Gasteiger partial charge on any atom is -0.497 e. The first-order valence-corrected chi connectivity index (χ1v) is 4.60. The van der Waals surface area contributed by atoms with E-state index in [1.807, 2.05) is 0 Å². The van der Waals surface area contributed by atoms with Crippen molar-refractivity contribution in [2.24, 2.45) is 0 Å². The van der Waals surface area contributed by atoms with Crippen molar-refractivity contribution in [3.63, 3.8) is 0 Å². The summed E-state index contributed by atoms with van der Waals surface area (Å²) in [6.45, 7) is 0. The maximum Gasteiger partial charge on any atom is 0.340 e. The average Bonchev–Trinajstić information content (AvgIpc) is 2.20. The molecule has 1 rings (SSSR count). The Morgan fingerprint density at radius 2 is 2.07 bits per heavy atom. The van der Waals surface area contributed by atoms with Gasteiger partial charge in [-0.05, 0) is 28.1 Å². The van der Waals surface area contributed by atoms with E-state index in [9.17, 15) is 4.79 Å². The molecule has 0 unspecified atom stereocenters. The molecular weight excluding hydrogens is 250 g/mol. The van der Waals surface area contributed by atoms with Crippen molar-refractivity contribution in [1.29, 1.82) is 0 Å². The van der Waals surface area contributed by atoms with E-state index in [-0.39, 0.29) is 0 Å². The molecule has 0 saturated carbocycles. The maximum atomic E-state index is 11.3. The van der Waals surface area contributed by atoms with Gasteiger partial charge in [0.25, 0.3) is 0 Å². The fraction of sp³-hybridized carbons (Fsp3) is 0.222. The Kier molecular flexibility index (Phi) is 3.35. The molecule has 0 aromatic heterocycles. The van der Waals surface area contributed by atoms with Gasteiger partial charge in [0.05, 0.1) is 25.5 Å². The van der Waals surface area contributed by atoms with Gasteiger partial charge in [-0.3, -0.25) is 0 Å². The number of hydrogen-bond acceptors (Lipinski definition) is 4. The van der Waals surface area contributed by atoms with Crippen LogP contribution in [0.3, 0.4) is 0 Å². The first-order valence-electron chi connectivity index (χ1n) is 3.81. The van der Waals surface area contributed by atoms with E-state index in [1.165, 1.54) is 20.3 Å². The highest BCUT2D eigenvalue weighted by Gasteiger charge is 2.14. The van der Waals surface area contributed by atoms with Crippen LogP contribution >= 0.6 is 15.9 Å². The van der Waals surface area contributed by atoms with E-state index in [0.29, 0.717) is 21.5 Å². The second-order valence-corrected chi connectivity index (χ2v) is 3.42. The maximum absolute atomic E-state index is 11.3. The molecule has 0 radical (unpaired) electrons. The lowest BCUT2D eigenvalue weighted by atomic mass is 10.2. The summed E-state index contributed by atoms with van der Waals surface area (Å²) in [5, 5.41) is 0. The number of carbonyl (C=O) groups excluding carboxylic acids is 1. The normalized spacial score (nSPS) is 9.64. The Balaban J connectivity index is 3.27. The third kappa shape index (κ3) is 1.98. The third-order valence-corrected chi connectivity index (χ3v) is 2.40. The first kappa shape index (κ1) is 10.8. The second kappa shape index (κ2) is 4.32. The van der Waals surface area contributed by atoms with Crippen LogP contribution in [0.25, 0.3) is 0 Å². The summed E-state index contributed by atoms with van der Waals surface area (Å²) in [6, 6.07) is 3.22. The fourth-order valence-electron chi connectivity index (χ4n) is 0.990. The molecule has 0 heterocycles. The largest absolute Gasteiger partial charge is 0.497 e. The fourth-order valence-corrected chi connectivity index (χ4v) is 1.43. The smallest absolute Gasteiger partial charge is 0.340 e. The summed E-state index contributed by atoms with van der Waals surface area (Å²) >= 11 is 3.22. The van der Waals surface area contributed by atoms with Crippen molar-refractivity contribution in [3.8, 4) is 5.75 Å². The number of ether oxygens (including phenoxy) is 2. The Hall–Kier alpha value is -1.23. The van der Waals surface area contributed by atoms with Crippen LogP contribution < -0.4 is 10.5 Å². The van der Waals surface area contributed by atoms with E-state index in [4.69, 9.17) is 10.5 Å². The molecule has 0 bridgehead atoms. The molecule has 0 saturated heterocycles. The van der Waals surface area contributed by atoms with Crippen LogP contribution in [0.5, 0.6) is 5.75 Å². The van der Waals surface area contributed by atoms with Gasteiger partial charge in [-0.2, -0.15) is 0 Å². The molecule has 0 atom stereocenters. The third-order valence-electron chi connectivity index (χ3n) is 1.74. The number of nitrogen functional groups attached to an aromatic ring is 1. The number of anilines is 1. The minimum atomic E-state index is -0.484. The van der Waals surface area contributed by atoms with E-state index in [1.54, 1.807) is 6.07 Å². The molecule has 0 amide bonds. The second-order valence-electron chi connectivity index (χ2n) is 2.56. The zero-order valence-corrected chi connectivity index (χ0v) is 9.42. The molecule has 5 heteroatoms. The summed E-state index contributed by atoms with van der Waals surface area (Å²) in [6.07, 6.45) is 0. The number of carbonyl (C=O) groups is 1. The van der Waals surface area contributed by atoms with Gasteiger partial charge >= 0.3 is 5.97 Å². The molecule has 0 aliphatic carbocycles. The quantitative estimate of drug-likeness (QED) is 0.650. The Labute approximate surface area is 90.1 Å². The zero-order chi connectivity index (χ0) is 10.7. The van der Waals surface area contributed by atoms with Gasteiger partial charge in [0.1, 0.15) is 5.75 Å². The molecule has 2 N–H and O–H groups in total. The first-order chi connectivity index (χ1) is 6.60. The van der Waals surface area contributed by atoms with E-state index in [0.717, 1.165) is 0 Å². The van der Waals surface area contributed by atoms with E-state index in [2.05, 4.69) is 20.7 Å². The van der Waals surface area contributed by atoms with Gasteiger partial charge in [0.15, 0.2) is 0 Å². The number of hydrogen-bond donors (Lipinski definition) is 1. The molecule has 0 fully saturated rings. The molecule has 76 valence electrons. The van der Waals surface area contributed by atoms with Crippen molar-refractivity contribution in [2.75, 3.05) is 20.0 Å². The van der Waals surface area contributed by atoms with Crippen molar-refractivity contribution >= 4 is 27.6 Å². The number of halogens is 1. The lowest BCUT2D eigenvalue weighted by molar-refractivity contribution is 0.0601. The van der Waals surface area contributed by atoms with Crippen molar-refractivity contribution < 1.29 is 14.3 Å². The van der Waals surface area contributed by atoms with Crippen molar-refractivity contribution in [3.05, 3.63) is 22.2 Å². The van der Waals surface area contributed by atoms with Gasteiger partial charge in [0, 0.05) is 4.47 Å². The van der Waals surface area contributed by atoms with Crippen molar-refractivity contribution in [2.45, 2.75) is 0 Å². The number of benzene rings is 1. The van der Waals surface area contributed by atoms with Crippen LogP contribution in [0, 0.1) is 0 Å². The standard InChI is InChI=1S/C9H10BrNO3/c1-13-5-3-6(9(12)14-2)8(11)7(10)4-5/h3-4H,11H2,1-2H3. The van der Waals surface area contributed by atoms with Crippen LogP contribution in [0.1, 0.15) is 10.4 Å². The molecule has 4 nitrogen and oxygen atoms in total. The minimum absolute atomic E-state index is 0.290. The van der Waals surface area contributed by atoms with Gasteiger partial charge < -0.3 is 15.2 Å². The van der Waals surface area contributed by atoms with Crippen LogP contribution in [0.4, 0.5) is 5.69 Å². The van der Waals surface area contributed by atoms with Crippen molar-refractivity contribution in [1.82, 2.24) is 0 Å². The Morgan fingerprint density at radius 1 is 1.43 bits per heavy atom. The number of methoxy groups -OCH3 is 2. The molecular formula is C9H10BrNO3.